The van der Waals surface area contributed by atoms with E-state index in [1.807, 2.05) is 11.8 Å². The van der Waals surface area contributed by atoms with Crippen molar-refractivity contribution in [3.63, 3.8) is 0 Å². The first-order valence-corrected chi connectivity index (χ1v) is 6.32. The molecule has 0 aliphatic rings. The molecular weight excluding hydrogens is 236 g/mol. The molecule has 1 unspecified atom stereocenters. The highest BCUT2D eigenvalue weighted by Crippen LogP contribution is 2.23. The Morgan fingerprint density at radius 2 is 2.00 bits per heavy atom. The van der Waals surface area contributed by atoms with Crippen LogP contribution in [0, 0.1) is 17.6 Å². The van der Waals surface area contributed by atoms with Gasteiger partial charge in [0.1, 0.15) is 0 Å². The molecule has 0 radical (unpaired) electrons. The van der Waals surface area contributed by atoms with Crippen molar-refractivity contribution in [2.24, 2.45) is 5.92 Å². The molecule has 0 saturated carbocycles. The molecule has 1 aromatic heterocycles. The molecule has 18 heavy (non-hydrogen) atoms. The van der Waals surface area contributed by atoms with Gasteiger partial charge in [0.05, 0.1) is 0 Å². The van der Waals surface area contributed by atoms with Crippen molar-refractivity contribution in [3.8, 4) is 0 Å². The van der Waals surface area contributed by atoms with Crippen LogP contribution in [0.5, 0.6) is 0 Å². The first kappa shape index (κ1) is 14.7. The third-order valence-corrected chi connectivity index (χ3v) is 3.06. The SMILES string of the molecule is CCC(C)CN(CC)c1nc(NC)c(F)cc1F. The van der Waals surface area contributed by atoms with Gasteiger partial charge in [-0.15, -0.1) is 0 Å². The highest BCUT2D eigenvalue weighted by atomic mass is 19.1. The van der Waals surface area contributed by atoms with Gasteiger partial charge in [0.25, 0.3) is 0 Å². The smallest absolute Gasteiger partial charge is 0.168 e. The molecule has 102 valence electrons. The maximum Gasteiger partial charge on any atom is 0.168 e. The van der Waals surface area contributed by atoms with Gasteiger partial charge in [0.15, 0.2) is 23.3 Å². The summed E-state index contributed by atoms with van der Waals surface area (Å²) in [5.74, 6) is -0.554. The van der Waals surface area contributed by atoms with Crippen LogP contribution in [0.4, 0.5) is 20.4 Å². The number of halogens is 2. The molecule has 1 aromatic rings. The number of aromatic nitrogens is 1. The van der Waals surface area contributed by atoms with E-state index in [0.717, 1.165) is 12.5 Å². The van der Waals surface area contributed by atoms with Crippen molar-refractivity contribution in [3.05, 3.63) is 17.7 Å². The van der Waals surface area contributed by atoms with E-state index in [9.17, 15) is 8.78 Å². The predicted octanol–water partition coefficient (Wildman–Crippen LogP) is 3.27. The normalized spacial score (nSPS) is 12.3. The second-order valence-electron chi connectivity index (χ2n) is 4.43. The van der Waals surface area contributed by atoms with Crippen molar-refractivity contribution < 1.29 is 8.78 Å². The number of nitrogens with zero attached hydrogens (tertiary/aromatic N) is 2. The van der Waals surface area contributed by atoms with Gasteiger partial charge >= 0.3 is 0 Å². The summed E-state index contributed by atoms with van der Waals surface area (Å²) < 4.78 is 27.1. The lowest BCUT2D eigenvalue weighted by Gasteiger charge is -2.25. The third kappa shape index (κ3) is 3.31. The number of pyridine rings is 1. The maximum atomic E-state index is 13.8. The molecule has 0 saturated heterocycles. The van der Waals surface area contributed by atoms with E-state index in [0.29, 0.717) is 19.0 Å². The quantitative estimate of drug-likeness (QED) is 0.847. The molecular formula is C13H21F2N3. The van der Waals surface area contributed by atoms with E-state index < -0.39 is 11.6 Å². The molecule has 0 bridgehead atoms. The Hall–Kier alpha value is -1.39. The first-order valence-electron chi connectivity index (χ1n) is 6.32. The minimum Gasteiger partial charge on any atom is -0.371 e. The van der Waals surface area contributed by atoms with Crippen LogP contribution in [-0.2, 0) is 0 Å². The zero-order chi connectivity index (χ0) is 13.7. The fraction of sp³-hybridized carbons (Fsp3) is 0.615. The van der Waals surface area contributed by atoms with E-state index in [4.69, 9.17) is 0 Å². The predicted molar refractivity (Wildman–Crippen MR) is 71.0 cm³/mol. The maximum absolute atomic E-state index is 13.8. The van der Waals surface area contributed by atoms with Crippen LogP contribution in [0.15, 0.2) is 6.07 Å². The molecule has 1 rings (SSSR count). The Bertz CT molecular complexity index is 396. The molecule has 5 heteroatoms. The Balaban J connectivity index is 3.04. The van der Waals surface area contributed by atoms with E-state index in [1.165, 1.54) is 0 Å². The van der Waals surface area contributed by atoms with Crippen LogP contribution in [0.3, 0.4) is 0 Å². The number of hydrogen-bond donors (Lipinski definition) is 1. The lowest BCUT2D eigenvalue weighted by molar-refractivity contribution is 0.527. The summed E-state index contributed by atoms with van der Waals surface area (Å²) in [5.41, 5.74) is 0. The number of anilines is 2. The van der Waals surface area contributed by atoms with Gasteiger partial charge in [0, 0.05) is 26.2 Å². The van der Waals surface area contributed by atoms with Gasteiger partial charge in [-0.3, -0.25) is 0 Å². The van der Waals surface area contributed by atoms with Crippen LogP contribution in [0.1, 0.15) is 27.2 Å². The molecule has 1 heterocycles. The van der Waals surface area contributed by atoms with Crippen molar-refractivity contribution >= 4 is 11.6 Å². The molecule has 0 spiro atoms. The van der Waals surface area contributed by atoms with Crippen molar-refractivity contribution in [2.75, 3.05) is 30.4 Å². The van der Waals surface area contributed by atoms with Crippen LogP contribution >= 0.6 is 0 Å². The summed E-state index contributed by atoms with van der Waals surface area (Å²) in [5, 5.41) is 2.63. The number of rotatable bonds is 6. The van der Waals surface area contributed by atoms with Gasteiger partial charge in [-0.2, -0.15) is 0 Å². The van der Waals surface area contributed by atoms with E-state index in [-0.39, 0.29) is 11.6 Å². The largest absolute Gasteiger partial charge is 0.371 e. The molecule has 0 aliphatic heterocycles. The zero-order valence-corrected chi connectivity index (χ0v) is 11.4. The summed E-state index contributed by atoms with van der Waals surface area (Å²) in [6, 6.07) is 0.882. The van der Waals surface area contributed by atoms with Crippen molar-refractivity contribution in [1.29, 1.82) is 0 Å². The summed E-state index contributed by atoms with van der Waals surface area (Å²) in [6.45, 7) is 7.48. The minimum absolute atomic E-state index is 0.0778. The second kappa shape index (κ2) is 6.52. The zero-order valence-electron chi connectivity index (χ0n) is 11.4. The molecule has 0 aromatic carbocycles. The molecule has 3 nitrogen and oxygen atoms in total. The summed E-state index contributed by atoms with van der Waals surface area (Å²) in [7, 11) is 1.57. The first-order chi connectivity index (χ1) is 8.53. The average Bonchev–Trinajstić information content (AvgIpc) is 2.36. The lowest BCUT2D eigenvalue weighted by Crippen LogP contribution is -2.30. The molecule has 1 atom stereocenters. The van der Waals surface area contributed by atoms with E-state index >= 15 is 0 Å². The Kier molecular flexibility index (Phi) is 5.31. The summed E-state index contributed by atoms with van der Waals surface area (Å²) in [4.78, 5) is 5.85. The highest BCUT2D eigenvalue weighted by molar-refractivity contribution is 5.49. The Morgan fingerprint density at radius 1 is 1.33 bits per heavy atom. The molecule has 0 fully saturated rings. The van der Waals surface area contributed by atoms with Crippen LogP contribution in [-0.4, -0.2) is 25.1 Å². The van der Waals surface area contributed by atoms with E-state index in [1.54, 1.807) is 7.05 Å². The van der Waals surface area contributed by atoms with Crippen molar-refractivity contribution in [1.82, 2.24) is 4.98 Å². The van der Waals surface area contributed by atoms with Gasteiger partial charge in [-0.05, 0) is 12.8 Å². The van der Waals surface area contributed by atoms with Gasteiger partial charge < -0.3 is 10.2 Å². The van der Waals surface area contributed by atoms with Gasteiger partial charge in [-0.1, -0.05) is 20.3 Å². The van der Waals surface area contributed by atoms with Crippen LogP contribution in [0.25, 0.3) is 0 Å². The summed E-state index contributed by atoms with van der Waals surface area (Å²) >= 11 is 0. The van der Waals surface area contributed by atoms with E-state index in [2.05, 4.69) is 24.1 Å². The van der Waals surface area contributed by atoms with Crippen molar-refractivity contribution in [2.45, 2.75) is 27.2 Å². The average molecular weight is 257 g/mol. The molecule has 0 amide bonds. The van der Waals surface area contributed by atoms with Crippen LogP contribution in [0.2, 0.25) is 0 Å². The highest BCUT2D eigenvalue weighted by Gasteiger charge is 2.17. The number of nitrogens with one attached hydrogen (secondary N) is 1. The third-order valence-electron chi connectivity index (χ3n) is 3.06. The van der Waals surface area contributed by atoms with Gasteiger partial charge in [-0.25, -0.2) is 13.8 Å². The topological polar surface area (TPSA) is 28.2 Å². The second-order valence-corrected chi connectivity index (χ2v) is 4.43. The summed E-state index contributed by atoms with van der Waals surface area (Å²) in [6.07, 6.45) is 1.01. The lowest BCUT2D eigenvalue weighted by atomic mass is 10.1. The fourth-order valence-electron chi connectivity index (χ4n) is 1.72. The fourth-order valence-corrected chi connectivity index (χ4v) is 1.72. The molecule has 1 N–H and O–H groups in total. The van der Waals surface area contributed by atoms with Crippen LogP contribution < -0.4 is 10.2 Å². The Morgan fingerprint density at radius 3 is 2.50 bits per heavy atom. The number of hydrogen-bond acceptors (Lipinski definition) is 3. The standard InChI is InChI=1S/C13H21F2N3/c1-5-9(3)8-18(6-2)13-11(15)7-10(14)12(16-4)17-13/h7,9H,5-6,8H2,1-4H3,(H,16,17). The minimum atomic E-state index is -0.668. The van der Waals surface area contributed by atoms with Gasteiger partial charge in [0.2, 0.25) is 0 Å². The Labute approximate surface area is 107 Å². The molecule has 0 aliphatic carbocycles. The monoisotopic (exact) mass is 257 g/mol.